The molecular weight excluding hydrogens is 387 g/mol. The number of nitrogens with one attached hydrogen (secondary N) is 1. The average Bonchev–Trinajstić information content (AvgIpc) is 3.10. The Morgan fingerprint density at radius 3 is 2.66 bits per heavy atom. The van der Waals surface area contributed by atoms with Gasteiger partial charge < -0.3 is 10.2 Å². The lowest BCUT2D eigenvalue weighted by Crippen LogP contribution is -2.34. The first kappa shape index (κ1) is 19.8. The minimum atomic E-state index is -0.284. The first-order valence-corrected chi connectivity index (χ1v) is 10.9. The van der Waals surface area contributed by atoms with Gasteiger partial charge in [-0.1, -0.05) is 31.4 Å². The Morgan fingerprint density at radius 2 is 1.93 bits per heavy atom. The molecule has 5 nitrogen and oxygen atoms in total. The fraction of sp³-hybridized carbons (Fsp3) is 0.409. The number of thiophene rings is 1. The molecule has 0 saturated heterocycles. The predicted molar refractivity (Wildman–Crippen MR) is 115 cm³/mol. The summed E-state index contributed by atoms with van der Waals surface area (Å²) >= 11 is 1.40. The summed E-state index contributed by atoms with van der Waals surface area (Å²) in [6.07, 6.45) is 7.75. The van der Waals surface area contributed by atoms with Crippen LogP contribution >= 0.6 is 11.3 Å². The third kappa shape index (κ3) is 4.10. The molecule has 3 aromatic rings. The molecule has 1 aliphatic rings. The van der Waals surface area contributed by atoms with Gasteiger partial charge in [0.15, 0.2) is 0 Å². The highest BCUT2D eigenvalue weighted by Crippen LogP contribution is 2.36. The van der Waals surface area contributed by atoms with E-state index in [-0.39, 0.29) is 11.7 Å². The van der Waals surface area contributed by atoms with Crippen LogP contribution in [0.4, 0.5) is 10.2 Å². The van der Waals surface area contributed by atoms with Crippen LogP contribution in [-0.4, -0.2) is 29.0 Å². The summed E-state index contributed by atoms with van der Waals surface area (Å²) in [7, 11) is 2.10. The molecule has 2 aromatic heterocycles. The second-order valence-electron chi connectivity index (χ2n) is 7.65. The number of aryl methyl sites for hydroxylation is 1. The number of hydrogen-bond acceptors (Lipinski definition) is 5. The largest absolute Gasteiger partial charge is 0.356 e. The summed E-state index contributed by atoms with van der Waals surface area (Å²) in [4.78, 5) is 25.6. The standard InChI is InChI=1S/C22H25FN4OS/c1-14-18-20(27(2)17-6-4-3-5-7-17)25-13-26-22(18)29-19(14)21(28)24-12-15-8-10-16(23)11-9-15/h8-11,13,17H,3-7,12H2,1-2H3,(H,24,28). The van der Waals surface area contributed by atoms with Gasteiger partial charge in [0.1, 0.15) is 22.8 Å². The zero-order chi connectivity index (χ0) is 20.4. The Hall–Kier alpha value is -2.54. The maximum Gasteiger partial charge on any atom is 0.261 e. The summed E-state index contributed by atoms with van der Waals surface area (Å²) in [5.74, 6) is 0.489. The van der Waals surface area contributed by atoms with Crippen LogP contribution in [0.15, 0.2) is 30.6 Å². The van der Waals surface area contributed by atoms with Crippen LogP contribution in [0.3, 0.4) is 0 Å². The number of rotatable bonds is 5. The number of hydrogen-bond donors (Lipinski definition) is 1. The van der Waals surface area contributed by atoms with Crippen molar-refractivity contribution in [2.45, 2.75) is 51.6 Å². The minimum Gasteiger partial charge on any atom is -0.356 e. The van der Waals surface area contributed by atoms with Crippen molar-refractivity contribution in [1.29, 1.82) is 0 Å². The zero-order valence-corrected chi connectivity index (χ0v) is 17.6. The van der Waals surface area contributed by atoms with E-state index in [4.69, 9.17) is 0 Å². The van der Waals surface area contributed by atoms with Crippen LogP contribution < -0.4 is 10.2 Å². The highest BCUT2D eigenvalue weighted by atomic mass is 32.1. The molecule has 1 N–H and O–H groups in total. The number of fused-ring (bicyclic) bond motifs is 1. The lowest BCUT2D eigenvalue weighted by molar-refractivity contribution is 0.0954. The van der Waals surface area contributed by atoms with Crippen LogP contribution in [0.1, 0.15) is 52.9 Å². The zero-order valence-electron chi connectivity index (χ0n) is 16.7. The third-order valence-electron chi connectivity index (χ3n) is 5.74. The number of aromatic nitrogens is 2. The SMILES string of the molecule is Cc1c(C(=O)NCc2ccc(F)cc2)sc2ncnc(N(C)C3CCCCC3)c12. The third-order valence-corrected chi connectivity index (χ3v) is 6.93. The Kier molecular flexibility index (Phi) is 5.76. The summed E-state index contributed by atoms with van der Waals surface area (Å²) in [6, 6.07) is 6.63. The maximum atomic E-state index is 13.1. The van der Waals surface area contributed by atoms with Crippen LogP contribution in [0.5, 0.6) is 0 Å². The van der Waals surface area contributed by atoms with Crippen LogP contribution in [0.25, 0.3) is 10.2 Å². The molecule has 0 spiro atoms. The van der Waals surface area contributed by atoms with E-state index in [1.807, 2.05) is 6.92 Å². The van der Waals surface area contributed by atoms with Gasteiger partial charge in [-0.15, -0.1) is 11.3 Å². The van der Waals surface area contributed by atoms with Crippen LogP contribution in [0.2, 0.25) is 0 Å². The maximum absolute atomic E-state index is 13.1. The second kappa shape index (κ2) is 8.45. The molecule has 1 aliphatic carbocycles. The molecule has 4 rings (SSSR count). The van der Waals surface area contributed by atoms with Gasteiger partial charge in [-0.25, -0.2) is 14.4 Å². The van der Waals surface area contributed by atoms with E-state index < -0.39 is 0 Å². The van der Waals surface area contributed by atoms with Crippen molar-refractivity contribution in [3.63, 3.8) is 0 Å². The van der Waals surface area contributed by atoms with Crippen molar-refractivity contribution in [2.24, 2.45) is 0 Å². The fourth-order valence-corrected chi connectivity index (χ4v) is 5.10. The lowest BCUT2D eigenvalue weighted by atomic mass is 9.94. The predicted octanol–water partition coefficient (Wildman–Crippen LogP) is 4.84. The van der Waals surface area contributed by atoms with Gasteiger partial charge >= 0.3 is 0 Å². The summed E-state index contributed by atoms with van der Waals surface area (Å²) in [5.41, 5.74) is 1.77. The molecular formula is C22H25FN4OS. The van der Waals surface area contributed by atoms with Crippen molar-refractivity contribution in [2.75, 3.05) is 11.9 Å². The summed E-state index contributed by atoms with van der Waals surface area (Å²) in [5, 5.41) is 3.91. The van der Waals surface area contributed by atoms with Crippen molar-refractivity contribution in [3.05, 3.63) is 52.4 Å². The van der Waals surface area contributed by atoms with Crippen molar-refractivity contribution in [3.8, 4) is 0 Å². The number of amides is 1. The number of carbonyl (C=O) groups excluding carboxylic acids is 1. The Labute approximate surface area is 174 Å². The molecule has 0 unspecified atom stereocenters. The number of halogens is 1. The highest BCUT2D eigenvalue weighted by Gasteiger charge is 2.24. The molecule has 0 bridgehead atoms. The van der Waals surface area contributed by atoms with E-state index in [0.717, 1.165) is 27.2 Å². The Bertz CT molecular complexity index is 1010. The molecule has 0 atom stereocenters. The van der Waals surface area contributed by atoms with E-state index >= 15 is 0 Å². The number of nitrogens with zero attached hydrogens (tertiary/aromatic N) is 3. The van der Waals surface area contributed by atoms with Gasteiger partial charge in [0.25, 0.3) is 5.91 Å². The van der Waals surface area contributed by atoms with E-state index in [1.54, 1.807) is 18.5 Å². The fourth-order valence-electron chi connectivity index (χ4n) is 4.04. The van der Waals surface area contributed by atoms with Crippen molar-refractivity contribution < 1.29 is 9.18 Å². The van der Waals surface area contributed by atoms with Crippen molar-refractivity contribution in [1.82, 2.24) is 15.3 Å². The van der Waals surface area contributed by atoms with Crippen molar-refractivity contribution >= 4 is 33.3 Å². The van der Waals surface area contributed by atoms with E-state index in [2.05, 4.69) is 27.2 Å². The highest BCUT2D eigenvalue weighted by molar-refractivity contribution is 7.20. The quantitative estimate of drug-likeness (QED) is 0.652. The van der Waals surface area contributed by atoms with Gasteiger partial charge in [0.05, 0.1) is 10.3 Å². The lowest BCUT2D eigenvalue weighted by Gasteiger charge is -2.32. The monoisotopic (exact) mass is 412 g/mol. The van der Waals surface area contributed by atoms with Gasteiger partial charge in [-0.05, 0) is 43.0 Å². The summed E-state index contributed by atoms with van der Waals surface area (Å²) in [6.45, 7) is 2.32. The molecule has 0 aliphatic heterocycles. The van der Waals surface area contributed by atoms with Gasteiger partial charge in [0, 0.05) is 19.6 Å². The first-order valence-electron chi connectivity index (χ1n) is 10.0. The molecule has 1 saturated carbocycles. The number of benzene rings is 1. The molecule has 1 fully saturated rings. The molecule has 2 heterocycles. The van der Waals surface area contributed by atoms with E-state index in [9.17, 15) is 9.18 Å². The van der Waals surface area contributed by atoms with Gasteiger partial charge in [0.2, 0.25) is 0 Å². The van der Waals surface area contributed by atoms with E-state index in [0.29, 0.717) is 17.5 Å². The van der Waals surface area contributed by atoms with Crippen LogP contribution in [0, 0.1) is 12.7 Å². The molecule has 152 valence electrons. The Balaban J connectivity index is 1.58. The molecule has 1 aromatic carbocycles. The summed E-state index contributed by atoms with van der Waals surface area (Å²) < 4.78 is 13.1. The smallest absolute Gasteiger partial charge is 0.261 e. The molecule has 7 heteroatoms. The molecule has 29 heavy (non-hydrogen) atoms. The number of anilines is 1. The minimum absolute atomic E-state index is 0.138. The first-order chi connectivity index (χ1) is 14.0. The molecule has 0 radical (unpaired) electrons. The van der Waals surface area contributed by atoms with Crippen LogP contribution in [-0.2, 0) is 6.54 Å². The number of carbonyl (C=O) groups is 1. The molecule has 1 amide bonds. The van der Waals surface area contributed by atoms with Gasteiger partial charge in [-0.2, -0.15) is 0 Å². The second-order valence-corrected chi connectivity index (χ2v) is 8.64. The van der Waals surface area contributed by atoms with Gasteiger partial charge in [-0.3, -0.25) is 4.79 Å². The van der Waals surface area contributed by atoms with E-state index in [1.165, 1.54) is 55.6 Å². The topological polar surface area (TPSA) is 58.1 Å². The average molecular weight is 413 g/mol. The Morgan fingerprint density at radius 1 is 1.21 bits per heavy atom. The normalized spacial score (nSPS) is 14.9.